The first kappa shape index (κ1) is 10.3. The molecule has 3 saturated carbocycles. The Kier molecular flexibility index (Phi) is 1.64. The van der Waals surface area contributed by atoms with E-state index in [-0.39, 0.29) is 10.8 Å². The van der Waals surface area contributed by atoms with Crippen molar-refractivity contribution in [1.82, 2.24) is 0 Å². The van der Waals surface area contributed by atoms with Crippen LogP contribution in [0.2, 0.25) is 0 Å². The zero-order valence-corrected chi connectivity index (χ0v) is 11.1. The number of alkyl halides is 4. The first-order valence-electron chi connectivity index (χ1n) is 4.93. The average Bonchev–Trinajstić information content (AvgIpc) is 2.65. The Bertz CT molecular complexity index is 292. The molecule has 0 aliphatic heterocycles. The van der Waals surface area contributed by atoms with Crippen molar-refractivity contribution >= 4 is 46.4 Å². The van der Waals surface area contributed by atoms with Crippen LogP contribution in [-0.2, 0) is 0 Å². The maximum Gasteiger partial charge on any atom is 0.127 e. The van der Waals surface area contributed by atoms with Crippen molar-refractivity contribution < 1.29 is 0 Å². The highest BCUT2D eigenvalue weighted by Gasteiger charge is 2.86. The second-order valence-electron chi connectivity index (χ2n) is 5.59. The van der Waals surface area contributed by atoms with Crippen molar-refractivity contribution in [1.29, 1.82) is 0 Å². The fourth-order valence-corrected chi connectivity index (χ4v) is 5.35. The second-order valence-corrected chi connectivity index (χ2v) is 8.37. The van der Waals surface area contributed by atoms with E-state index in [1.165, 1.54) is 0 Å². The van der Waals surface area contributed by atoms with Gasteiger partial charge in [-0.15, -0.1) is 46.4 Å². The smallest absolute Gasteiger partial charge is 0.101 e. The van der Waals surface area contributed by atoms with Crippen LogP contribution in [0.15, 0.2) is 0 Å². The van der Waals surface area contributed by atoms with E-state index >= 15 is 0 Å². The number of rotatable bonds is 0. The van der Waals surface area contributed by atoms with Crippen LogP contribution in [-0.4, -0.2) is 8.67 Å². The van der Waals surface area contributed by atoms with Crippen molar-refractivity contribution in [3.63, 3.8) is 0 Å². The molecule has 3 fully saturated rings. The van der Waals surface area contributed by atoms with Gasteiger partial charge in [-0.25, -0.2) is 0 Å². The molecule has 0 unspecified atom stereocenters. The van der Waals surface area contributed by atoms with Gasteiger partial charge in [-0.1, -0.05) is 13.8 Å². The molecule has 3 aliphatic carbocycles. The van der Waals surface area contributed by atoms with Crippen LogP contribution >= 0.6 is 46.4 Å². The molecule has 0 radical (unpaired) electrons. The van der Waals surface area contributed by atoms with E-state index in [1.807, 2.05) is 0 Å². The maximum absolute atomic E-state index is 6.27. The van der Waals surface area contributed by atoms with Crippen LogP contribution in [0, 0.1) is 22.7 Å². The lowest BCUT2D eigenvalue weighted by Crippen LogP contribution is -2.13. The maximum atomic E-state index is 6.27. The molecular weight excluding hydrogens is 262 g/mol. The number of fused-ring (bicyclic) bond motifs is 2. The van der Waals surface area contributed by atoms with Crippen LogP contribution in [0.25, 0.3) is 0 Å². The fourth-order valence-electron chi connectivity index (χ4n) is 3.46. The summed E-state index contributed by atoms with van der Waals surface area (Å²) in [4.78, 5) is 0. The van der Waals surface area contributed by atoms with Crippen LogP contribution < -0.4 is 0 Å². The van der Waals surface area contributed by atoms with Crippen molar-refractivity contribution in [2.24, 2.45) is 22.7 Å². The molecule has 0 nitrogen and oxygen atoms in total. The molecule has 0 heterocycles. The third-order valence-electron chi connectivity index (χ3n) is 5.03. The predicted octanol–water partition coefficient (Wildman–Crippen LogP) is 4.40. The highest BCUT2D eigenvalue weighted by atomic mass is 35.5. The summed E-state index contributed by atoms with van der Waals surface area (Å²) in [5, 5.41) is 0. The van der Waals surface area contributed by atoms with Gasteiger partial charge >= 0.3 is 0 Å². The quantitative estimate of drug-likeness (QED) is 0.574. The topological polar surface area (TPSA) is 0 Å². The van der Waals surface area contributed by atoms with E-state index in [9.17, 15) is 0 Å². The van der Waals surface area contributed by atoms with E-state index in [0.29, 0.717) is 11.8 Å². The third kappa shape index (κ3) is 0.805. The molecule has 0 bridgehead atoms. The van der Waals surface area contributed by atoms with Gasteiger partial charge < -0.3 is 0 Å². The van der Waals surface area contributed by atoms with Gasteiger partial charge in [0.25, 0.3) is 0 Å². The summed E-state index contributed by atoms with van der Waals surface area (Å²) in [5.41, 5.74) is 0.0949. The molecule has 0 amide bonds. The van der Waals surface area contributed by atoms with Gasteiger partial charge in [0, 0.05) is 22.7 Å². The van der Waals surface area contributed by atoms with Gasteiger partial charge in [-0.05, 0) is 12.8 Å². The average molecular weight is 274 g/mol. The zero-order chi connectivity index (χ0) is 10.6. The van der Waals surface area contributed by atoms with Crippen LogP contribution in [0.3, 0.4) is 0 Å². The first-order chi connectivity index (χ1) is 6.18. The van der Waals surface area contributed by atoms with Gasteiger partial charge in [-0.3, -0.25) is 0 Å². The van der Waals surface area contributed by atoms with Crippen molar-refractivity contribution in [2.75, 3.05) is 0 Å². The second kappa shape index (κ2) is 2.23. The third-order valence-corrected chi connectivity index (χ3v) is 7.81. The molecular formula is C10H12Cl4. The molecule has 3 aliphatic rings. The van der Waals surface area contributed by atoms with Gasteiger partial charge in [0.15, 0.2) is 0 Å². The lowest BCUT2D eigenvalue weighted by Gasteiger charge is -2.19. The zero-order valence-electron chi connectivity index (χ0n) is 8.08. The summed E-state index contributed by atoms with van der Waals surface area (Å²) in [5.74, 6) is 0.748. The summed E-state index contributed by atoms with van der Waals surface area (Å²) in [6.07, 6.45) is 1.93. The Morgan fingerprint density at radius 3 is 1.36 bits per heavy atom. The molecule has 3 rings (SSSR count). The normalized spacial score (nSPS) is 61.3. The lowest BCUT2D eigenvalue weighted by atomic mass is 9.84. The highest BCUT2D eigenvalue weighted by Crippen LogP contribution is 2.87. The number of hydrogen-bond acceptors (Lipinski definition) is 0. The molecule has 0 aromatic rings. The molecule has 4 atom stereocenters. The predicted molar refractivity (Wildman–Crippen MR) is 61.3 cm³/mol. The lowest BCUT2D eigenvalue weighted by molar-refractivity contribution is 0.283. The number of hydrogen-bond donors (Lipinski definition) is 0. The monoisotopic (exact) mass is 272 g/mol. The van der Waals surface area contributed by atoms with E-state index in [0.717, 1.165) is 12.8 Å². The van der Waals surface area contributed by atoms with Gasteiger partial charge in [0.2, 0.25) is 0 Å². The van der Waals surface area contributed by atoms with E-state index in [4.69, 9.17) is 46.4 Å². The van der Waals surface area contributed by atoms with Gasteiger partial charge in [0.1, 0.15) is 8.67 Å². The molecule has 0 spiro atoms. The minimum atomic E-state index is -0.534. The van der Waals surface area contributed by atoms with Crippen molar-refractivity contribution in [3.8, 4) is 0 Å². The van der Waals surface area contributed by atoms with Crippen LogP contribution in [0.4, 0.5) is 0 Å². The first-order valence-corrected chi connectivity index (χ1v) is 6.45. The van der Waals surface area contributed by atoms with Crippen molar-refractivity contribution in [2.45, 2.75) is 35.4 Å². The Hall–Kier alpha value is 1.16. The Labute approximate surface area is 104 Å². The Morgan fingerprint density at radius 2 is 1.07 bits per heavy atom. The molecule has 80 valence electrons. The Morgan fingerprint density at radius 1 is 0.786 bits per heavy atom. The molecule has 0 aromatic carbocycles. The van der Waals surface area contributed by atoms with E-state index in [1.54, 1.807) is 0 Å². The van der Waals surface area contributed by atoms with Gasteiger partial charge in [0.05, 0.1) is 0 Å². The fraction of sp³-hybridized carbons (Fsp3) is 1.00. The summed E-state index contributed by atoms with van der Waals surface area (Å²) < 4.78 is -1.07. The van der Waals surface area contributed by atoms with Crippen LogP contribution in [0.1, 0.15) is 26.7 Å². The summed E-state index contributed by atoms with van der Waals surface area (Å²) in [6, 6.07) is 0. The summed E-state index contributed by atoms with van der Waals surface area (Å²) >= 11 is 25.1. The minimum Gasteiger partial charge on any atom is -0.101 e. The van der Waals surface area contributed by atoms with E-state index in [2.05, 4.69) is 13.8 Å². The molecule has 0 aromatic heterocycles. The molecule has 0 N–H and O–H groups in total. The van der Waals surface area contributed by atoms with Gasteiger partial charge in [-0.2, -0.15) is 0 Å². The Balaban J connectivity index is 1.93. The van der Waals surface area contributed by atoms with E-state index < -0.39 is 8.67 Å². The minimum absolute atomic E-state index is 0.0474. The summed E-state index contributed by atoms with van der Waals surface area (Å²) in [7, 11) is 0. The van der Waals surface area contributed by atoms with Crippen molar-refractivity contribution in [3.05, 3.63) is 0 Å². The largest absolute Gasteiger partial charge is 0.127 e. The number of halogens is 4. The highest BCUT2D eigenvalue weighted by molar-refractivity contribution is 6.53. The standard InChI is InChI=1S/C10H12Cl4/c1-7-3-6-8(2,10(6,13)14)4-5(7)9(7,11)12/h5-6H,3-4H2,1-2H3/t5-,6-,7+,8+/m0/s1. The van der Waals surface area contributed by atoms with Crippen LogP contribution in [0.5, 0.6) is 0 Å². The molecule has 4 heteroatoms. The molecule has 14 heavy (non-hydrogen) atoms. The SMILES string of the molecule is C[C@@]12C[C@@H]3C(Cl)(Cl)[C@]3(C)C[C@@H]1C2(Cl)Cl. The molecule has 0 saturated heterocycles. The summed E-state index contributed by atoms with van der Waals surface area (Å²) in [6.45, 7) is 4.30.